The molecule has 158 valence electrons. The third kappa shape index (κ3) is 5.96. The van der Waals surface area contributed by atoms with Crippen LogP contribution in [0.25, 0.3) is 6.08 Å². The molecule has 0 aliphatic heterocycles. The Kier molecular flexibility index (Phi) is 6.40. The van der Waals surface area contributed by atoms with Gasteiger partial charge in [-0.15, -0.1) is 0 Å². The number of para-hydroxylation sites is 2. The van der Waals surface area contributed by atoms with Gasteiger partial charge in [0.1, 0.15) is 5.75 Å². The van der Waals surface area contributed by atoms with Gasteiger partial charge in [0.05, 0.1) is 16.8 Å². The van der Waals surface area contributed by atoms with E-state index in [4.69, 9.17) is 9.84 Å². The van der Waals surface area contributed by atoms with Gasteiger partial charge in [0.2, 0.25) is 5.91 Å². The van der Waals surface area contributed by atoms with E-state index in [9.17, 15) is 22.8 Å². The molecule has 3 aromatic carbocycles. The zero-order chi connectivity index (χ0) is 22.4. The summed E-state index contributed by atoms with van der Waals surface area (Å²) in [5, 5.41) is 11.7. The number of carbonyl (C=O) groups excluding carboxylic acids is 1. The van der Waals surface area contributed by atoms with E-state index in [1.54, 1.807) is 30.3 Å². The number of amides is 1. The molecular weight excluding hydrogens is 411 g/mol. The molecule has 0 aromatic heterocycles. The number of carboxylic acid groups (broad SMARTS) is 1. The van der Waals surface area contributed by atoms with Crippen LogP contribution < -0.4 is 10.1 Å². The summed E-state index contributed by atoms with van der Waals surface area (Å²) in [5.74, 6) is -1.04. The molecule has 5 nitrogen and oxygen atoms in total. The number of hydrogen-bond donors (Lipinski definition) is 2. The Morgan fingerprint density at radius 2 is 1.65 bits per heavy atom. The summed E-state index contributed by atoms with van der Waals surface area (Å²) < 4.78 is 43.5. The van der Waals surface area contributed by atoms with Gasteiger partial charge in [0.15, 0.2) is 5.75 Å². The number of hydrogen-bond acceptors (Lipinski definition) is 3. The van der Waals surface area contributed by atoms with Gasteiger partial charge in [-0.1, -0.05) is 30.3 Å². The van der Waals surface area contributed by atoms with E-state index in [-0.39, 0.29) is 11.3 Å². The lowest BCUT2D eigenvalue weighted by atomic mass is 10.1. The van der Waals surface area contributed by atoms with Crippen molar-refractivity contribution in [1.29, 1.82) is 0 Å². The SMILES string of the molecule is O=C(C=Cc1ccc(C(F)(F)F)cc1)Nc1ccccc1Oc1cccc(C(=O)O)c1. The summed E-state index contributed by atoms with van der Waals surface area (Å²) in [5.41, 5.74) is 0.0501. The molecule has 31 heavy (non-hydrogen) atoms. The number of benzene rings is 3. The molecule has 0 saturated heterocycles. The van der Waals surface area contributed by atoms with Crippen molar-refractivity contribution in [2.24, 2.45) is 0 Å². The molecule has 0 spiro atoms. The molecule has 1 amide bonds. The molecular formula is C23H16F3NO4. The minimum absolute atomic E-state index is 0.0542. The van der Waals surface area contributed by atoms with Crippen LogP contribution in [0.5, 0.6) is 11.5 Å². The van der Waals surface area contributed by atoms with E-state index in [0.717, 1.165) is 12.1 Å². The molecule has 0 bridgehead atoms. The highest BCUT2D eigenvalue weighted by Gasteiger charge is 2.29. The van der Waals surface area contributed by atoms with Gasteiger partial charge in [0, 0.05) is 6.08 Å². The van der Waals surface area contributed by atoms with Crippen molar-refractivity contribution < 1.29 is 32.6 Å². The van der Waals surface area contributed by atoms with E-state index in [2.05, 4.69) is 5.32 Å². The zero-order valence-corrected chi connectivity index (χ0v) is 15.9. The fourth-order valence-electron chi connectivity index (χ4n) is 2.61. The maximum absolute atomic E-state index is 12.6. The largest absolute Gasteiger partial charge is 0.478 e. The van der Waals surface area contributed by atoms with E-state index in [1.807, 2.05) is 0 Å². The zero-order valence-electron chi connectivity index (χ0n) is 15.9. The van der Waals surface area contributed by atoms with Crippen molar-refractivity contribution in [2.45, 2.75) is 6.18 Å². The molecule has 0 unspecified atom stereocenters. The Bertz CT molecular complexity index is 1120. The first-order valence-corrected chi connectivity index (χ1v) is 8.99. The minimum Gasteiger partial charge on any atom is -0.478 e. The molecule has 0 fully saturated rings. The van der Waals surface area contributed by atoms with Crippen molar-refractivity contribution in [2.75, 3.05) is 5.32 Å². The van der Waals surface area contributed by atoms with Crippen LogP contribution in [0.4, 0.5) is 18.9 Å². The number of halogens is 3. The third-order valence-corrected chi connectivity index (χ3v) is 4.12. The van der Waals surface area contributed by atoms with Gasteiger partial charge in [0.25, 0.3) is 0 Å². The average Bonchev–Trinajstić information content (AvgIpc) is 2.73. The number of anilines is 1. The topological polar surface area (TPSA) is 75.6 Å². The predicted molar refractivity (Wildman–Crippen MR) is 109 cm³/mol. The van der Waals surface area contributed by atoms with Gasteiger partial charge >= 0.3 is 12.1 Å². The van der Waals surface area contributed by atoms with Crippen molar-refractivity contribution in [3.63, 3.8) is 0 Å². The second kappa shape index (κ2) is 9.17. The van der Waals surface area contributed by atoms with Crippen molar-refractivity contribution >= 4 is 23.6 Å². The highest BCUT2D eigenvalue weighted by atomic mass is 19.4. The molecule has 0 atom stereocenters. The number of ether oxygens (including phenoxy) is 1. The minimum atomic E-state index is -4.42. The average molecular weight is 427 g/mol. The number of nitrogens with one attached hydrogen (secondary N) is 1. The van der Waals surface area contributed by atoms with Gasteiger partial charge in [-0.05, 0) is 54.1 Å². The lowest BCUT2D eigenvalue weighted by Crippen LogP contribution is -2.08. The number of alkyl halides is 3. The Hall–Kier alpha value is -4.07. The molecule has 8 heteroatoms. The Labute approximate surface area is 175 Å². The van der Waals surface area contributed by atoms with Crippen LogP contribution >= 0.6 is 0 Å². The fraction of sp³-hybridized carbons (Fsp3) is 0.0435. The number of aromatic carboxylic acids is 1. The van der Waals surface area contributed by atoms with Crippen LogP contribution in [-0.4, -0.2) is 17.0 Å². The van der Waals surface area contributed by atoms with Crippen LogP contribution in [0.1, 0.15) is 21.5 Å². The fourth-order valence-corrected chi connectivity index (χ4v) is 2.61. The van der Waals surface area contributed by atoms with Gasteiger partial charge in [-0.2, -0.15) is 13.2 Å². The first kappa shape index (κ1) is 21.6. The molecule has 3 rings (SSSR count). The summed E-state index contributed by atoms with van der Waals surface area (Å²) in [6.07, 6.45) is -1.85. The van der Waals surface area contributed by atoms with Crippen LogP contribution in [0, 0.1) is 0 Å². The van der Waals surface area contributed by atoms with E-state index in [1.165, 1.54) is 42.5 Å². The van der Waals surface area contributed by atoms with Crippen molar-refractivity contribution in [3.8, 4) is 11.5 Å². The lowest BCUT2D eigenvalue weighted by Gasteiger charge is -2.11. The Morgan fingerprint density at radius 3 is 2.32 bits per heavy atom. The summed E-state index contributed by atoms with van der Waals surface area (Å²) in [6.45, 7) is 0. The first-order chi connectivity index (χ1) is 14.7. The molecule has 0 heterocycles. The molecule has 3 aromatic rings. The summed E-state index contributed by atoms with van der Waals surface area (Å²) in [7, 11) is 0. The third-order valence-electron chi connectivity index (χ3n) is 4.12. The van der Waals surface area contributed by atoms with Gasteiger partial charge < -0.3 is 15.2 Å². The Balaban J connectivity index is 1.70. The van der Waals surface area contributed by atoms with E-state index < -0.39 is 23.6 Å². The van der Waals surface area contributed by atoms with Crippen LogP contribution in [-0.2, 0) is 11.0 Å². The molecule has 0 aliphatic rings. The standard InChI is InChI=1S/C23H16F3NO4/c24-23(25,26)17-11-8-15(9-12-17)10-13-21(28)27-19-6-1-2-7-20(19)31-18-5-3-4-16(14-18)22(29)30/h1-14H,(H,27,28)(H,29,30). The van der Waals surface area contributed by atoms with Crippen molar-refractivity contribution in [1.82, 2.24) is 0 Å². The summed E-state index contributed by atoms with van der Waals surface area (Å²) in [6, 6.07) is 16.8. The van der Waals surface area contributed by atoms with E-state index >= 15 is 0 Å². The normalized spacial score (nSPS) is 11.3. The monoisotopic (exact) mass is 427 g/mol. The molecule has 0 aliphatic carbocycles. The number of carbonyl (C=O) groups is 2. The van der Waals surface area contributed by atoms with Crippen LogP contribution in [0.3, 0.4) is 0 Å². The smallest absolute Gasteiger partial charge is 0.416 e. The van der Waals surface area contributed by atoms with Crippen molar-refractivity contribution in [3.05, 3.63) is 95.6 Å². The van der Waals surface area contributed by atoms with E-state index in [0.29, 0.717) is 17.0 Å². The van der Waals surface area contributed by atoms with Gasteiger partial charge in [-0.3, -0.25) is 4.79 Å². The highest BCUT2D eigenvalue weighted by Crippen LogP contribution is 2.30. The second-order valence-corrected chi connectivity index (χ2v) is 6.37. The molecule has 2 N–H and O–H groups in total. The van der Waals surface area contributed by atoms with Crippen LogP contribution in [0.2, 0.25) is 0 Å². The predicted octanol–water partition coefficient (Wildman–Crippen LogP) is 5.85. The molecule has 0 saturated carbocycles. The number of carboxylic acids is 1. The number of rotatable bonds is 6. The summed E-state index contributed by atoms with van der Waals surface area (Å²) in [4.78, 5) is 23.3. The second-order valence-electron chi connectivity index (χ2n) is 6.37. The summed E-state index contributed by atoms with van der Waals surface area (Å²) >= 11 is 0. The maximum Gasteiger partial charge on any atom is 0.416 e. The van der Waals surface area contributed by atoms with Gasteiger partial charge in [-0.25, -0.2) is 4.79 Å². The molecule has 0 radical (unpaired) electrons. The maximum atomic E-state index is 12.6. The van der Waals surface area contributed by atoms with Crippen LogP contribution in [0.15, 0.2) is 78.9 Å². The Morgan fingerprint density at radius 1 is 0.935 bits per heavy atom. The lowest BCUT2D eigenvalue weighted by molar-refractivity contribution is -0.137. The quantitative estimate of drug-likeness (QED) is 0.484. The first-order valence-electron chi connectivity index (χ1n) is 8.99. The highest BCUT2D eigenvalue weighted by molar-refractivity contribution is 6.02.